The first kappa shape index (κ1) is 9.45. The van der Waals surface area contributed by atoms with E-state index < -0.39 is 0 Å². The van der Waals surface area contributed by atoms with E-state index in [0.29, 0.717) is 0 Å². The van der Waals surface area contributed by atoms with E-state index in [2.05, 4.69) is 15.3 Å². The molecule has 1 aromatic heterocycles. The van der Waals surface area contributed by atoms with E-state index in [4.69, 9.17) is 0 Å². The molecular weight excluding hydrogens is 190 g/mol. The van der Waals surface area contributed by atoms with Gasteiger partial charge in [-0.3, -0.25) is 4.79 Å². The molecule has 76 valence electrons. The van der Waals surface area contributed by atoms with Crippen LogP contribution in [-0.2, 0) is 4.79 Å². The second kappa shape index (κ2) is 3.96. The normalized spacial score (nSPS) is 9.93. The highest BCUT2D eigenvalue weighted by Gasteiger charge is 2.01. The zero-order chi connectivity index (χ0) is 10.7. The maximum Gasteiger partial charge on any atom is 0.221 e. The Morgan fingerprint density at radius 2 is 2.33 bits per heavy atom. The van der Waals surface area contributed by atoms with Gasteiger partial charge in [0.2, 0.25) is 5.91 Å². The molecule has 0 aliphatic carbocycles. The van der Waals surface area contributed by atoms with Crippen molar-refractivity contribution in [1.82, 2.24) is 9.97 Å². The average Bonchev–Trinajstić information content (AvgIpc) is 2.69. The lowest BCUT2D eigenvalue weighted by Gasteiger charge is -2.03. The van der Waals surface area contributed by atoms with Gasteiger partial charge in [0.25, 0.3) is 0 Å². The molecule has 0 saturated carbocycles. The van der Waals surface area contributed by atoms with Crippen LogP contribution in [0.3, 0.4) is 0 Å². The summed E-state index contributed by atoms with van der Waals surface area (Å²) in [6.07, 6.45) is 3.44. The number of nitrogens with one attached hydrogen (secondary N) is 2. The van der Waals surface area contributed by atoms with Crippen molar-refractivity contribution < 1.29 is 4.79 Å². The van der Waals surface area contributed by atoms with Gasteiger partial charge in [-0.1, -0.05) is 12.1 Å². The number of H-pyrrole nitrogens is 1. The lowest BCUT2D eigenvalue weighted by atomic mass is 10.1. The predicted molar refractivity (Wildman–Crippen MR) is 58.3 cm³/mol. The van der Waals surface area contributed by atoms with Crippen molar-refractivity contribution in [3.8, 4) is 11.3 Å². The van der Waals surface area contributed by atoms with E-state index >= 15 is 0 Å². The van der Waals surface area contributed by atoms with Gasteiger partial charge in [-0.15, -0.1) is 0 Å². The molecule has 0 aliphatic heterocycles. The van der Waals surface area contributed by atoms with Crippen molar-refractivity contribution in [3.05, 3.63) is 36.8 Å². The van der Waals surface area contributed by atoms with Crippen LogP contribution in [0, 0.1) is 0 Å². The fourth-order valence-corrected chi connectivity index (χ4v) is 1.38. The van der Waals surface area contributed by atoms with Gasteiger partial charge in [-0.25, -0.2) is 4.98 Å². The number of imidazole rings is 1. The lowest BCUT2D eigenvalue weighted by Crippen LogP contribution is -2.05. The number of aromatic amines is 1. The third-order valence-corrected chi connectivity index (χ3v) is 1.98. The fraction of sp³-hybridized carbons (Fsp3) is 0.0909. The molecule has 0 radical (unpaired) electrons. The van der Waals surface area contributed by atoms with Crippen molar-refractivity contribution >= 4 is 11.6 Å². The standard InChI is InChI=1S/C11H11N3O/c1-8(15)14-10-4-2-3-9(5-10)11-6-12-7-13-11/h2-7H,1H3,(H,12,13)(H,14,15). The molecule has 15 heavy (non-hydrogen) atoms. The Kier molecular flexibility index (Phi) is 2.49. The van der Waals surface area contributed by atoms with Crippen LogP contribution >= 0.6 is 0 Å². The van der Waals surface area contributed by atoms with Gasteiger partial charge in [0.15, 0.2) is 0 Å². The molecule has 4 nitrogen and oxygen atoms in total. The van der Waals surface area contributed by atoms with E-state index in [1.54, 1.807) is 6.33 Å². The number of aromatic nitrogens is 2. The Hall–Kier alpha value is -2.10. The van der Waals surface area contributed by atoms with Gasteiger partial charge in [0, 0.05) is 24.4 Å². The number of carbonyl (C=O) groups excluding carboxylic acids is 1. The zero-order valence-corrected chi connectivity index (χ0v) is 8.32. The average molecular weight is 201 g/mol. The molecule has 0 fully saturated rings. The number of benzene rings is 1. The first-order chi connectivity index (χ1) is 7.25. The van der Waals surface area contributed by atoms with Gasteiger partial charge in [0.1, 0.15) is 0 Å². The van der Waals surface area contributed by atoms with Crippen molar-refractivity contribution in [3.63, 3.8) is 0 Å². The summed E-state index contributed by atoms with van der Waals surface area (Å²) in [5, 5.41) is 2.73. The molecule has 4 heteroatoms. The monoisotopic (exact) mass is 201 g/mol. The topological polar surface area (TPSA) is 57.8 Å². The van der Waals surface area contributed by atoms with Gasteiger partial charge in [-0.2, -0.15) is 0 Å². The van der Waals surface area contributed by atoms with Gasteiger partial charge in [0.05, 0.1) is 12.0 Å². The van der Waals surface area contributed by atoms with Crippen LogP contribution in [0.25, 0.3) is 11.3 Å². The summed E-state index contributed by atoms with van der Waals surface area (Å²) in [7, 11) is 0. The minimum Gasteiger partial charge on any atom is -0.351 e. The zero-order valence-electron chi connectivity index (χ0n) is 8.32. The summed E-state index contributed by atoms with van der Waals surface area (Å²) < 4.78 is 0. The molecule has 2 N–H and O–H groups in total. The molecule has 0 aliphatic rings. The minimum absolute atomic E-state index is 0.0748. The number of anilines is 1. The fourth-order valence-electron chi connectivity index (χ4n) is 1.38. The Morgan fingerprint density at radius 3 is 3.00 bits per heavy atom. The minimum atomic E-state index is -0.0748. The van der Waals surface area contributed by atoms with Crippen LogP contribution < -0.4 is 5.32 Å². The highest BCUT2D eigenvalue weighted by Crippen LogP contribution is 2.19. The number of carbonyl (C=O) groups is 1. The van der Waals surface area contributed by atoms with Gasteiger partial charge in [-0.05, 0) is 12.1 Å². The summed E-state index contributed by atoms with van der Waals surface area (Å²) in [4.78, 5) is 17.9. The smallest absolute Gasteiger partial charge is 0.221 e. The van der Waals surface area contributed by atoms with E-state index in [-0.39, 0.29) is 5.91 Å². The molecule has 1 aromatic carbocycles. The number of hydrogen-bond donors (Lipinski definition) is 2. The van der Waals surface area contributed by atoms with Crippen molar-refractivity contribution in [2.75, 3.05) is 5.32 Å². The van der Waals surface area contributed by atoms with Crippen LogP contribution in [0.2, 0.25) is 0 Å². The molecular formula is C11H11N3O. The summed E-state index contributed by atoms with van der Waals surface area (Å²) in [5.74, 6) is -0.0748. The van der Waals surface area contributed by atoms with Crippen LogP contribution in [0.4, 0.5) is 5.69 Å². The summed E-state index contributed by atoms with van der Waals surface area (Å²) in [6.45, 7) is 1.49. The van der Waals surface area contributed by atoms with E-state index in [1.807, 2.05) is 30.5 Å². The van der Waals surface area contributed by atoms with E-state index in [0.717, 1.165) is 16.9 Å². The summed E-state index contributed by atoms with van der Waals surface area (Å²) in [5.41, 5.74) is 2.62. The maximum absolute atomic E-state index is 10.9. The third-order valence-electron chi connectivity index (χ3n) is 1.98. The Bertz CT molecular complexity index is 462. The van der Waals surface area contributed by atoms with Crippen LogP contribution in [-0.4, -0.2) is 15.9 Å². The molecule has 0 unspecified atom stereocenters. The van der Waals surface area contributed by atoms with Gasteiger partial charge >= 0.3 is 0 Å². The Morgan fingerprint density at radius 1 is 1.47 bits per heavy atom. The SMILES string of the molecule is CC(=O)Nc1cccc(-c2c[nH]cn2)c1. The Balaban J connectivity index is 2.31. The van der Waals surface area contributed by atoms with Crippen LogP contribution in [0.1, 0.15) is 6.92 Å². The maximum atomic E-state index is 10.9. The molecule has 1 amide bonds. The van der Waals surface area contributed by atoms with E-state index in [9.17, 15) is 4.79 Å². The quantitative estimate of drug-likeness (QED) is 0.781. The highest BCUT2D eigenvalue weighted by molar-refractivity contribution is 5.89. The largest absolute Gasteiger partial charge is 0.351 e. The van der Waals surface area contributed by atoms with Crippen molar-refractivity contribution in [2.24, 2.45) is 0 Å². The predicted octanol–water partition coefficient (Wildman–Crippen LogP) is 2.04. The number of nitrogens with zero attached hydrogens (tertiary/aromatic N) is 1. The molecule has 0 saturated heterocycles. The second-order valence-electron chi connectivity index (χ2n) is 3.22. The molecule has 1 heterocycles. The number of hydrogen-bond acceptors (Lipinski definition) is 2. The first-order valence-corrected chi connectivity index (χ1v) is 4.62. The first-order valence-electron chi connectivity index (χ1n) is 4.62. The molecule has 0 bridgehead atoms. The van der Waals surface area contributed by atoms with Gasteiger partial charge < -0.3 is 10.3 Å². The number of rotatable bonds is 2. The summed E-state index contributed by atoms with van der Waals surface area (Å²) >= 11 is 0. The van der Waals surface area contributed by atoms with Crippen LogP contribution in [0.15, 0.2) is 36.8 Å². The van der Waals surface area contributed by atoms with E-state index in [1.165, 1.54) is 6.92 Å². The number of amides is 1. The van der Waals surface area contributed by atoms with Crippen molar-refractivity contribution in [2.45, 2.75) is 6.92 Å². The lowest BCUT2D eigenvalue weighted by molar-refractivity contribution is -0.114. The van der Waals surface area contributed by atoms with Crippen molar-refractivity contribution in [1.29, 1.82) is 0 Å². The molecule has 2 rings (SSSR count). The highest BCUT2D eigenvalue weighted by atomic mass is 16.1. The summed E-state index contributed by atoms with van der Waals surface area (Å²) in [6, 6.07) is 7.56. The molecule has 0 spiro atoms. The molecule has 0 atom stereocenters. The Labute approximate surface area is 87.4 Å². The second-order valence-corrected chi connectivity index (χ2v) is 3.22. The molecule has 2 aromatic rings. The third kappa shape index (κ3) is 2.22. The van der Waals surface area contributed by atoms with Crippen LogP contribution in [0.5, 0.6) is 0 Å².